The molecule has 0 saturated carbocycles. The van der Waals surface area contributed by atoms with Gasteiger partial charge < -0.3 is 5.32 Å². The number of anilines is 2. The predicted molar refractivity (Wildman–Crippen MR) is 108 cm³/mol. The first kappa shape index (κ1) is 19.1. The number of benzene rings is 3. The lowest BCUT2D eigenvalue weighted by Crippen LogP contribution is -2.15. The highest BCUT2D eigenvalue weighted by Gasteiger charge is 2.15. The molecule has 0 spiro atoms. The molecule has 3 aromatic carbocycles. The van der Waals surface area contributed by atoms with Crippen molar-refractivity contribution in [1.29, 1.82) is 5.26 Å². The molecule has 0 atom stereocenters. The largest absolute Gasteiger partial charge is 0.322 e. The van der Waals surface area contributed by atoms with E-state index in [0.29, 0.717) is 22.5 Å². The molecule has 0 aromatic heterocycles. The molecule has 0 heterocycles. The third-order valence-electron chi connectivity index (χ3n) is 3.98. The van der Waals surface area contributed by atoms with Gasteiger partial charge >= 0.3 is 0 Å². The van der Waals surface area contributed by atoms with Crippen LogP contribution in [0.4, 0.5) is 11.4 Å². The molecule has 3 aromatic rings. The van der Waals surface area contributed by atoms with Crippen LogP contribution in [0.15, 0.2) is 77.7 Å². The van der Waals surface area contributed by atoms with Crippen LogP contribution in [-0.2, 0) is 10.0 Å². The number of sulfonamides is 1. The van der Waals surface area contributed by atoms with E-state index in [0.717, 1.165) is 5.56 Å². The van der Waals surface area contributed by atoms with Crippen molar-refractivity contribution in [2.24, 2.45) is 0 Å². The molecular weight excluding hydrogens is 374 g/mol. The van der Waals surface area contributed by atoms with Gasteiger partial charge in [0.2, 0.25) is 0 Å². The summed E-state index contributed by atoms with van der Waals surface area (Å²) in [5.41, 5.74) is 2.72. The maximum absolute atomic E-state index is 12.5. The molecule has 0 saturated heterocycles. The van der Waals surface area contributed by atoms with E-state index in [-0.39, 0.29) is 10.8 Å². The van der Waals surface area contributed by atoms with Gasteiger partial charge in [0.05, 0.1) is 22.2 Å². The molecule has 0 unspecified atom stereocenters. The summed E-state index contributed by atoms with van der Waals surface area (Å²) >= 11 is 0. The molecule has 0 aliphatic heterocycles. The Morgan fingerprint density at radius 2 is 1.61 bits per heavy atom. The Hall–Kier alpha value is -3.63. The van der Waals surface area contributed by atoms with E-state index >= 15 is 0 Å². The quantitative estimate of drug-likeness (QED) is 0.688. The summed E-state index contributed by atoms with van der Waals surface area (Å²) in [6.07, 6.45) is 0. The minimum atomic E-state index is -3.84. The van der Waals surface area contributed by atoms with Crippen LogP contribution in [0.5, 0.6) is 0 Å². The summed E-state index contributed by atoms with van der Waals surface area (Å²) in [5, 5.41) is 11.7. The van der Waals surface area contributed by atoms with Crippen molar-refractivity contribution in [1.82, 2.24) is 0 Å². The van der Waals surface area contributed by atoms with E-state index < -0.39 is 10.0 Å². The molecule has 0 bridgehead atoms. The maximum Gasteiger partial charge on any atom is 0.261 e. The van der Waals surface area contributed by atoms with Gasteiger partial charge in [-0.15, -0.1) is 0 Å². The molecule has 0 fully saturated rings. The smallest absolute Gasteiger partial charge is 0.261 e. The number of carbonyl (C=O) groups excluding carboxylic acids is 1. The van der Waals surface area contributed by atoms with Crippen LogP contribution in [0.3, 0.4) is 0 Å². The Morgan fingerprint density at radius 3 is 2.25 bits per heavy atom. The van der Waals surface area contributed by atoms with Gasteiger partial charge in [-0.2, -0.15) is 5.26 Å². The van der Waals surface area contributed by atoms with Crippen molar-refractivity contribution >= 4 is 27.3 Å². The highest BCUT2D eigenvalue weighted by molar-refractivity contribution is 7.92. The Balaban J connectivity index is 1.74. The highest BCUT2D eigenvalue weighted by atomic mass is 32.2. The zero-order valence-corrected chi connectivity index (χ0v) is 15.8. The van der Waals surface area contributed by atoms with Crippen LogP contribution < -0.4 is 10.0 Å². The second-order valence-corrected chi connectivity index (χ2v) is 7.83. The Bertz CT molecular complexity index is 1150. The minimum absolute atomic E-state index is 0.0155. The Labute approximate surface area is 163 Å². The summed E-state index contributed by atoms with van der Waals surface area (Å²) in [6.45, 7) is 1.95. The number of hydrogen-bond donors (Lipinski definition) is 2. The minimum Gasteiger partial charge on any atom is -0.322 e. The van der Waals surface area contributed by atoms with Crippen LogP contribution in [0.25, 0.3) is 0 Å². The number of amides is 1. The number of hydrogen-bond acceptors (Lipinski definition) is 4. The first-order chi connectivity index (χ1) is 13.4. The van der Waals surface area contributed by atoms with Crippen LogP contribution >= 0.6 is 0 Å². The molecular formula is C21H17N3O3S. The lowest BCUT2D eigenvalue weighted by atomic mass is 10.2. The molecule has 7 heteroatoms. The maximum atomic E-state index is 12.5. The summed E-state index contributed by atoms with van der Waals surface area (Å²) in [4.78, 5) is 12.3. The number of nitrogens with one attached hydrogen (secondary N) is 2. The van der Waals surface area contributed by atoms with Crippen LogP contribution in [-0.4, -0.2) is 14.3 Å². The topological polar surface area (TPSA) is 99.1 Å². The lowest BCUT2D eigenvalue weighted by Gasteiger charge is -2.09. The molecule has 140 valence electrons. The summed E-state index contributed by atoms with van der Waals surface area (Å²) in [6, 6.07) is 21.1. The first-order valence-electron chi connectivity index (χ1n) is 8.38. The van der Waals surface area contributed by atoms with E-state index in [1.54, 1.807) is 30.3 Å². The van der Waals surface area contributed by atoms with Crippen molar-refractivity contribution in [3.05, 3.63) is 89.5 Å². The molecule has 2 N–H and O–H groups in total. The summed E-state index contributed by atoms with van der Waals surface area (Å²) in [7, 11) is -3.84. The number of nitriles is 1. The van der Waals surface area contributed by atoms with Crippen molar-refractivity contribution in [2.45, 2.75) is 11.8 Å². The van der Waals surface area contributed by atoms with E-state index in [1.807, 2.05) is 25.1 Å². The third kappa shape index (κ3) is 4.55. The zero-order valence-electron chi connectivity index (χ0n) is 15.0. The number of aryl methyl sites for hydroxylation is 1. The second-order valence-electron chi connectivity index (χ2n) is 6.14. The van der Waals surface area contributed by atoms with Gasteiger partial charge in [-0.3, -0.25) is 9.52 Å². The van der Waals surface area contributed by atoms with Crippen LogP contribution in [0, 0.1) is 18.3 Å². The average Bonchev–Trinajstić information content (AvgIpc) is 2.69. The Kier molecular flexibility index (Phi) is 5.43. The summed E-state index contributed by atoms with van der Waals surface area (Å²) < 4.78 is 27.4. The van der Waals surface area contributed by atoms with Gasteiger partial charge in [0.25, 0.3) is 15.9 Å². The molecule has 0 aliphatic rings. The van der Waals surface area contributed by atoms with E-state index in [9.17, 15) is 13.2 Å². The molecule has 0 aliphatic carbocycles. The fraction of sp³-hybridized carbons (Fsp3) is 0.0476. The normalized spacial score (nSPS) is 10.7. The van der Waals surface area contributed by atoms with E-state index in [2.05, 4.69) is 10.0 Å². The second kappa shape index (κ2) is 7.94. The number of carbonyl (C=O) groups is 1. The third-order valence-corrected chi connectivity index (χ3v) is 5.38. The fourth-order valence-corrected chi connectivity index (χ4v) is 3.54. The van der Waals surface area contributed by atoms with Crippen molar-refractivity contribution < 1.29 is 13.2 Å². The molecule has 28 heavy (non-hydrogen) atoms. The van der Waals surface area contributed by atoms with Gasteiger partial charge in [-0.05, 0) is 61.5 Å². The van der Waals surface area contributed by atoms with E-state index in [4.69, 9.17) is 5.26 Å². The SMILES string of the molecule is Cc1ccc(NC(=O)c2ccc(S(=O)(=O)Nc3cccc(C#N)c3)cc2)cc1. The van der Waals surface area contributed by atoms with Gasteiger partial charge in [0.15, 0.2) is 0 Å². The van der Waals surface area contributed by atoms with Crippen molar-refractivity contribution in [3.8, 4) is 6.07 Å². The number of nitrogens with zero attached hydrogens (tertiary/aromatic N) is 1. The van der Waals surface area contributed by atoms with Crippen molar-refractivity contribution in [2.75, 3.05) is 10.0 Å². The number of rotatable bonds is 5. The molecule has 6 nitrogen and oxygen atoms in total. The van der Waals surface area contributed by atoms with E-state index in [1.165, 1.54) is 30.3 Å². The van der Waals surface area contributed by atoms with Gasteiger partial charge in [-0.1, -0.05) is 23.8 Å². The Morgan fingerprint density at radius 1 is 0.929 bits per heavy atom. The predicted octanol–water partition coefficient (Wildman–Crippen LogP) is 3.92. The van der Waals surface area contributed by atoms with Crippen LogP contribution in [0.2, 0.25) is 0 Å². The molecule has 1 amide bonds. The monoisotopic (exact) mass is 391 g/mol. The van der Waals surface area contributed by atoms with Gasteiger partial charge in [-0.25, -0.2) is 8.42 Å². The standard InChI is InChI=1S/C21H17N3O3S/c1-15-5-9-18(10-6-15)23-21(25)17-7-11-20(12-8-17)28(26,27)24-19-4-2-3-16(13-19)14-22/h2-13,24H,1H3,(H,23,25). The molecule has 3 rings (SSSR count). The fourth-order valence-electron chi connectivity index (χ4n) is 2.49. The zero-order chi connectivity index (χ0) is 20.1. The summed E-state index contributed by atoms with van der Waals surface area (Å²) in [5.74, 6) is -0.331. The van der Waals surface area contributed by atoms with Gasteiger partial charge in [0, 0.05) is 11.3 Å². The van der Waals surface area contributed by atoms with Crippen molar-refractivity contribution in [3.63, 3.8) is 0 Å². The highest BCUT2D eigenvalue weighted by Crippen LogP contribution is 2.18. The average molecular weight is 391 g/mol. The van der Waals surface area contributed by atoms with Gasteiger partial charge in [0.1, 0.15) is 0 Å². The molecule has 0 radical (unpaired) electrons. The van der Waals surface area contributed by atoms with Crippen LogP contribution in [0.1, 0.15) is 21.5 Å². The lowest BCUT2D eigenvalue weighted by molar-refractivity contribution is 0.102. The first-order valence-corrected chi connectivity index (χ1v) is 9.87.